The van der Waals surface area contributed by atoms with Gasteiger partial charge >= 0.3 is 0 Å². The number of alkyl halides is 1. The minimum absolute atomic E-state index is 0.0402. The van der Waals surface area contributed by atoms with Gasteiger partial charge in [-0.2, -0.15) is 0 Å². The van der Waals surface area contributed by atoms with Crippen LogP contribution < -0.4 is 5.73 Å². The van der Waals surface area contributed by atoms with E-state index >= 15 is 0 Å². The highest BCUT2D eigenvalue weighted by Crippen LogP contribution is 2.33. The lowest BCUT2D eigenvalue weighted by Gasteiger charge is -2.07. The summed E-state index contributed by atoms with van der Waals surface area (Å²) < 4.78 is 1.12. The maximum absolute atomic E-state index is 9.12. The second kappa shape index (κ2) is 3.77. The van der Waals surface area contributed by atoms with Crippen LogP contribution in [0.15, 0.2) is 17.5 Å². The zero-order valence-electron chi connectivity index (χ0n) is 7.46. The van der Waals surface area contributed by atoms with Crippen LogP contribution in [0.5, 0.6) is 0 Å². The van der Waals surface area contributed by atoms with Crippen molar-refractivity contribution in [1.29, 1.82) is 0 Å². The number of nitrogens with two attached hydrogens (primary N) is 1. The van der Waals surface area contributed by atoms with Crippen molar-refractivity contribution in [3.05, 3.63) is 28.6 Å². The molecule has 0 amide bonds. The minimum atomic E-state index is -0.0402. The van der Waals surface area contributed by atoms with E-state index in [0.29, 0.717) is 11.6 Å². The van der Waals surface area contributed by atoms with Gasteiger partial charge in [-0.3, -0.25) is 0 Å². The average Bonchev–Trinajstić information content (AvgIpc) is 2.68. The molecule has 4 heteroatoms. The Labute approximate surface area is 90.9 Å². The van der Waals surface area contributed by atoms with Gasteiger partial charge in [-0.1, -0.05) is 0 Å². The molecule has 0 radical (unpaired) electrons. The summed E-state index contributed by atoms with van der Waals surface area (Å²) >= 11 is 7.45. The number of rotatable bonds is 2. The van der Waals surface area contributed by atoms with Gasteiger partial charge in [-0.05, 0) is 23.1 Å². The molecule has 1 heterocycles. The Hall–Kier alpha value is -0.770. The third-order valence-electron chi connectivity index (χ3n) is 2.26. The monoisotopic (exact) mass is 227 g/mol. The number of hydrogen-bond donors (Lipinski definition) is 2. The lowest BCUT2D eigenvalue weighted by molar-refractivity contribution is 0.282. The number of anilines is 1. The lowest BCUT2D eigenvalue weighted by atomic mass is 10.1. The Balaban J connectivity index is 2.80. The Morgan fingerprint density at radius 2 is 2.21 bits per heavy atom. The van der Waals surface area contributed by atoms with Crippen molar-refractivity contribution in [1.82, 2.24) is 0 Å². The van der Waals surface area contributed by atoms with Crippen LogP contribution in [0, 0.1) is 0 Å². The van der Waals surface area contributed by atoms with Gasteiger partial charge in [0, 0.05) is 27.2 Å². The Morgan fingerprint density at radius 3 is 2.86 bits per heavy atom. The maximum Gasteiger partial charge on any atom is 0.0702 e. The molecule has 14 heavy (non-hydrogen) atoms. The highest BCUT2D eigenvalue weighted by molar-refractivity contribution is 7.17. The van der Waals surface area contributed by atoms with Crippen molar-refractivity contribution in [3.63, 3.8) is 0 Å². The molecule has 2 nitrogen and oxygen atoms in total. The van der Waals surface area contributed by atoms with Crippen molar-refractivity contribution in [3.8, 4) is 0 Å². The fourth-order valence-electron chi connectivity index (χ4n) is 1.53. The molecule has 2 rings (SSSR count). The number of benzene rings is 1. The summed E-state index contributed by atoms with van der Waals surface area (Å²) in [5.41, 5.74) is 8.36. The molecule has 0 aliphatic heterocycles. The van der Waals surface area contributed by atoms with E-state index in [-0.39, 0.29) is 6.61 Å². The number of thiophene rings is 1. The Bertz CT molecular complexity index is 466. The summed E-state index contributed by atoms with van der Waals surface area (Å²) in [5.74, 6) is 0.449. The van der Waals surface area contributed by atoms with Crippen LogP contribution in [-0.2, 0) is 12.5 Å². The molecule has 0 saturated heterocycles. The van der Waals surface area contributed by atoms with E-state index in [2.05, 4.69) is 0 Å². The summed E-state index contributed by atoms with van der Waals surface area (Å²) in [7, 11) is 0. The SMILES string of the molecule is Nc1c(CO)cc(CCl)c2sccc12. The minimum Gasteiger partial charge on any atom is -0.398 e. The maximum atomic E-state index is 9.12. The summed E-state index contributed by atoms with van der Waals surface area (Å²) in [6.07, 6.45) is 0. The van der Waals surface area contributed by atoms with E-state index in [0.717, 1.165) is 21.2 Å². The number of aliphatic hydroxyl groups is 1. The van der Waals surface area contributed by atoms with Gasteiger partial charge < -0.3 is 10.8 Å². The zero-order valence-corrected chi connectivity index (χ0v) is 9.03. The molecule has 1 aromatic heterocycles. The van der Waals surface area contributed by atoms with Crippen LogP contribution in [-0.4, -0.2) is 5.11 Å². The molecule has 0 saturated carbocycles. The van der Waals surface area contributed by atoms with E-state index in [9.17, 15) is 0 Å². The third-order valence-corrected chi connectivity index (χ3v) is 3.53. The van der Waals surface area contributed by atoms with Crippen molar-refractivity contribution >= 4 is 38.7 Å². The molecule has 2 aromatic rings. The topological polar surface area (TPSA) is 46.2 Å². The molecule has 3 N–H and O–H groups in total. The highest BCUT2D eigenvalue weighted by Gasteiger charge is 2.09. The molecule has 0 aliphatic carbocycles. The smallest absolute Gasteiger partial charge is 0.0702 e. The summed E-state index contributed by atoms with van der Waals surface area (Å²) in [6.45, 7) is -0.0402. The first-order valence-corrected chi connectivity index (χ1v) is 5.63. The van der Waals surface area contributed by atoms with Crippen LogP contribution in [0.25, 0.3) is 10.1 Å². The molecular weight excluding hydrogens is 218 g/mol. The lowest BCUT2D eigenvalue weighted by Crippen LogP contribution is -1.96. The van der Waals surface area contributed by atoms with Gasteiger partial charge in [0.25, 0.3) is 0 Å². The molecule has 0 bridgehead atoms. The molecule has 0 fully saturated rings. The van der Waals surface area contributed by atoms with Crippen LogP contribution in [0.3, 0.4) is 0 Å². The molecular formula is C10H10ClNOS. The zero-order chi connectivity index (χ0) is 10.1. The van der Waals surface area contributed by atoms with Crippen LogP contribution >= 0.6 is 22.9 Å². The van der Waals surface area contributed by atoms with Gasteiger partial charge in [-0.15, -0.1) is 22.9 Å². The third kappa shape index (κ3) is 1.38. The normalized spacial score (nSPS) is 11.0. The number of nitrogen functional groups attached to an aromatic ring is 1. The van der Waals surface area contributed by atoms with E-state index in [1.54, 1.807) is 11.3 Å². The second-order valence-corrected chi connectivity index (χ2v) is 4.25. The molecule has 1 aromatic carbocycles. The molecule has 0 spiro atoms. The van der Waals surface area contributed by atoms with Gasteiger partial charge in [0.2, 0.25) is 0 Å². The van der Waals surface area contributed by atoms with Crippen molar-refractivity contribution < 1.29 is 5.11 Å². The van der Waals surface area contributed by atoms with Crippen molar-refractivity contribution in [2.45, 2.75) is 12.5 Å². The van der Waals surface area contributed by atoms with E-state index in [1.807, 2.05) is 17.5 Å². The fourth-order valence-corrected chi connectivity index (χ4v) is 2.74. The second-order valence-electron chi connectivity index (χ2n) is 3.06. The van der Waals surface area contributed by atoms with Crippen LogP contribution in [0.1, 0.15) is 11.1 Å². The molecule has 0 aliphatic rings. The van der Waals surface area contributed by atoms with E-state index < -0.39 is 0 Å². The van der Waals surface area contributed by atoms with Crippen LogP contribution in [0.2, 0.25) is 0 Å². The Kier molecular flexibility index (Phi) is 2.63. The molecule has 0 atom stereocenters. The van der Waals surface area contributed by atoms with Crippen molar-refractivity contribution in [2.24, 2.45) is 0 Å². The summed E-state index contributed by atoms with van der Waals surface area (Å²) in [5, 5.41) is 12.1. The van der Waals surface area contributed by atoms with Gasteiger partial charge in [0.1, 0.15) is 0 Å². The first-order valence-electron chi connectivity index (χ1n) is 4.22. The first-order chi connectivity index (χ1) is 6.77. The number of aliphatic hydroxyl groups excluding tert-OH is 1. The van der Waals surface area contributed by atoms with Gasteiger partial charge in [0.15, 0.2) is 0 Å². The number of halogens is 1. The van der Waals surface area contributed by atoms with E-state index in [4.69, 9.17) is 22.4 Å². The standard InChI is InChI=1S/C10H10ClNOS/c11-4-6-3-7(5-13)9(12)8-1-2-14-10(6)8/h1-3,13H,4-5,12H2. The molecule has 0 unspecified atom stereocenters. The van der Waals surface area contributed by atoms with E-state index in [1.165, 1.54) is 0 Å². The fraction of sp³-hybridized carbons (Fsp3) is 0.200. The quantitative estimate of drug-likeness (QED) is 0.612. The number of hydrogen-bond acceptors (Lipinski definition) is 3. The van der Waals surface area contributed by atoms with Crippen LogP contribution in [0.4, 0.5) is 5.69 Å². The Morgan fingerprint density at radius 1 is 1.43 bits per heavy atom. The number of fused-ring (bicyclic) bond motifs is 1. The average molecular weight is 228 g/mol. The predicted octanol–water partition coefficient (Wildman–Crippen LogP) is 2.71. The summed E-state index contributed by atoms with van der Waals surface area (Å²) in [4.78, 5) is 0. The highest BCUT2D eigenvalue weighted by atomic mass is 35.5. The van der Waals surface area contributed by atoms with Crippen molar-refractivity contribution in [2.75, 3.05) is 5.73 Å². The molecule has 74 valence electrons. The first kappa shape index (κ1) is 9.77. The predicted molar refractivity (Wildman–Crippen MR) is 61.7 cm³/mol. The van der Waals surface area contributed by atoms with Gasteiger partial charge in [-0.25, -0.2) is 0 Å². The summed E-state index contributed by atoms with van der Waals surface area (Å²) in [6, 6.07) is 3.84. The van der Waals surface area contributed by atoms with Gasteiger partial charge in [0.05, 0.1) is 6.61 Å². The largest absolute Gasteiger partial charge is 0.398 e.